The maximum Gasteiger partial charge on any atom is 0.387 e. The number of aromatic carboxylic acids is 1. The van der Waals surface area contributed by atoms with E-state index in [1.807, 2.05) is 24.3 Å². The highest BCUT2D eigenvalue weighted by molar-refractivity contribution is 7.99. The van der Waals surface area contributed by atoms with Crippen LogP contribution in [0.5, 0.6) is 5.75 Å². The van der Waals surface area contributed by atoms with Gasteiger partial charge in [-0.1, -0.05) is 36.0 Å². The predicted octanol–water partition coefficient (Wildman–Crippen LogP) is 3.92. The minimum atomic E-state index is -2.85. The lowest BCUT2D eigenvalue weighted by atomic mass is 10.1. The topological polar surface area (TPSA) is 88.1 Å². The minimum Gasteiger partial charge on any atom is -0.476 e. The molecule has 0 amide bonds. The molecule has 0 unspecified atom stereocenters. The number of ether oxygens (including phenoxy) is 1. The number of nitrogens with one attached hydrogen (secondary N) is 1. The van der Waals surface area contributed by atoms with Gasteiger partial charge in [0.2, 0.25) is 5.69 Å². The normalized spacial score (nSPS) is 10.8. The van der Waals surface area contributed by atoms with Crippen molar-refractivity contribution in [1.82, 2.24) is 15.4 Å². The molecule has 2 aromatic carbocycles. The molecule has 0 aliphatic rings. The monoisotopic (exact) mass is 363 g/mol. The van der Waals surface area contributed by atoms with Crippen molar-refractivity contribution in [3.8, 4) is 16.9 Å². The molecule has 2 N–H and O–H groups in total. The van der Waals surface area contributed by atoms with E-state index in [-0.39, 0.29) is 16.5 Å². The standard InChI is InChI=1S/C16H11F2N3O3S/c17-16(18)24-11-5-1-9(2-6-11)10-3-7-12(8-4-10)25-14-13(15(22)23)19-21-20-14/h1-8,16H,(H,22,23)(H,19,20,21). The van der Waals surface area contributed by atoms with Crippen LogP contribution in [-0.2, 0) is 0 Å². The molecule has 0 aliphatic carbocycles. The number of halogens is 2. The number of hydrogen-bond donors (Lipinski definition) is 2. The number of rotatable bonds is 6. The molecule has 9 heteroatoms. The average molecular weight is 363 g/mol. The third kappa shape index (κ3) is 4.13. The van der Waals surface area contributed by atoms with E-state index in [1.165, 1.54) is 23.9 Å². The van der Waals surface area contributed by atoms with Crippen LogP contribution in [0.15, 0.2) is 58.5 Å². The van der Waals surface area contributed by atoms with Crippen LogP contribution in [0.25, 0.3) is 11.1 Å². The van der Waals surface area contributed by atoms with Crippen LogP contribution >= 0.6 is 11.8 Å². The van der Waals surface area contributed by atoms with E-state index in [1.54, 1.807) is 12.1 Å². The largest absolute Gasteiger partial charge is 0.476 e. The first-order valence-corrected chi connectivity index (χ1v) is 7.82. The number of carboxylic acids is 1. The highest BCUT2D eigenvalue weighted by atomic mass is 32.2. The lowest BCUT2D eigenvalue weighted by molar-refractivity contribution is -0.0498. The molecule has 3 rings (SSSR count). The van der Waals surface area contributed by atoms with Crippen LogP contribution < -0.4 is 4.74 Å². The predicted molar refractivity (Wildman–Crippen MR) is 86.0 cm³/mol. The molecule has 0 atom stereocenters. The van der Waals surface area contributed by atoms with Crippen molar-refractivity contribution in [2.45, 2.75) is 16.5 Å². The Morgan fingerprint density at radius 2 is 1.64 bits per heavy atom. The van der Waals surface area contributed by atoms with Gasteiger partial charge in [-0.25, -0.2) is 4.79 Å². The molecule has 25 heavy (non-hydrogen) atoms. The Morgan fingerprint density at radius 1 is 1.04 bits per heavy atom. The molecule has 128 valence electrons. The molecule has 3 aromatic rings. The van der Waals surface area contributed by atoms with Gasteiger partial charge in [0, 0.05) is 4.90 Å². The number of aromatic amines is 1. The van der Waals surface area contributed by atoms with Gasteiger partial charge in [-0.3, -0.25) is 0 Å². The van der Waals surface area contributed by atoms with E-state index >= 15 is 0 Å². The van der Waals surface area contributed by atoms with Crippen molar-refractivity contribution in [1.29, 1.82) is 0 Å². The zero-order chi connectivity index (χ0) is 17.8. The fourth-order valence-electron chi connectivity index (χ4n) is 2.09. The summed E-state index contributed by atoms with van der Waals surface area (Å²) in [5.74, 6) is -1.06. The summed E-state index contributed by atoms with van der Waals surface area (Å²) in [4.78, 5) is 11.8. The molecule has 1 aromatic heterocycles. The second-order valence-corrected chi connectivity index (χ2v) is 5.87. The first kappa shape index (κ1) is 16.9. The highest BCUT2D eigenvalue weighted by Gasteiger charge is 2.16. The Balaban J connectivity index is 1.73. The summed E-state index contributed by atoms with van der Waals surface area (Å²) in [5, 5.41) is 19.0. The fraction of sp³-hybridized carbons (Fsp3) is 0.0625. The molecule has 0 saturated heterocycles. The first-order valence-electron chi connectivity index (χ1n) is 7.00. The summed E-state index contributed by atoms with van der Waals surface area (Å²) in [7, 11) is 0. The summed E-state index contributed by atoms with van der Waals surface area (Å²) >= 11 is 1.17. The number of nitrogens with zero attached hydrogens (tertiary/aromatic N) is 2. The van der Waals surface area contributed by atoms with E-state index < -0.39 is 12.6 Å². The Kier molecular flexibility index (Phi) is 4.94. The van der Waals surface area contributed by atoms with Crippen LogP contribution in [0.3, 0.4) is 0 Å². The fourth-order valence-corrected chi connectivity index (χ4v) is 2.90. The van der Waals surface area contributed by atoms with E-state index in [0.717, 1.165) is 16.0 Å². The van der Waals surface area contributed by atoms with Gasteiger partial charge >= 0.3 is 12.6 Å². The zero-order valence-electron chi connectivity index (χ0n) is 12.5. The average Bonchev–Trinajstić information content (AvgIpc) is 3.04. The molecule has 0 spiro atoms. The van der Waals surface area contributed by atoms with Crippen molar-refractivity contribution in [2.75, 3.05) is 0 Å². The lowest BCUT2D eigenvalue weighted by Gasteiger charge is -2.07. The van der Waals surface area contributed by atoms with Crippen molar-refractivity contribution in [3.05, 3.63) is 54.2 Å². The molecular weight excluding hydrogens is 352 g/mol. The Bertz CT molecular complexity index is 867. The maximum absolute atomic E-state index is 12.1. The number of hydrogen-bond acceptors (Lipinski definition) is 5. The van der Waals surface area contributed by atoms with Gasteiger partial charge in [0.1, 0.15) is 5.75 Å². The van der Waals surface area contributed by atoms with E-state index in [2.05, 4.69) is 20.1 Å². The molecule has 1 heterocycles. The maximum atomic E-state index is 12.1. The minimum absolute atomic E-state index is 0.0955. The molecule has 6 nitrogen and oxygen atoms in total. The van der Waals surface area contributed by atoms with Crippen molar-refractivity contribution < 1.29 is 23.4 Å². The quantitative estimate of drug-likeness (QED) is 0.690. The summed E-state index contributed by atoms with van der Waals surface area (Å²) < 4.78 is 28.6. The van der Waals surface area contributed by atoms with Gasteiger partial charge < -0.3 is 9.84 Å². The van der Waals surface area contributed by atoms with Gasteiger partial charge in [0.15, 0.2) is 5.03 Å². The van der Waals surface area contributed by atoms with Crippen molar-refractivity contribution >= 4 is 17.7 Å². The van der Waals surface area contributed by atoms with Gasteiger partial charge in [-0.15, -0.1) is 10.2 Å². The Labute approximate surface area is 144 Å². The summed E-state index contributed by atoms with van der Waals surface area (Å²) in [6.07, 6.45) is 0. The number of carboxylic acid groups (broad SMARTS) is 1. The highest BCUT2D eigenvalue weighted by Crippen LogP contribution is 2.30. The molecular formula is C16H11F2N3O3S. The number of H-pyrrole nitrogens is 1. The Hall–Kier alpha value is -2.94. The van der Waals surface area contributed by atoms with Crippen LogP contribution in [0.4, 0.5) is 8.78 Å². The third-order valence-electron chi connectivity index (χ3n) is 3.20. The van der Waals surface area contributed by atoms with Gasteiger partial charge in [0.25, 0.3) is 0 Å². The van der Waals surface area contributed by atoms with Crippen molar-refractivity contribution in [2.24, 2.45) is 0 Å². The van der Waals surface area contributed by atoms with Crippen molar-refractivity contribution in [3.63, 3.8) is 0 Å². The molecule has 0 bridgehead atoms. The zero-order valence-corrected chi connectivity index (χ0v) is 13.3. The van der Waals surface area contributed by atoms with E-state index in [4.69, 9.17) is 5.11 Å². The lowest BCUT2D eigenvalue weighted by Crippen LogP contribution is -2.01. The van der Waals surface area contributed by atoms with Crippen LogP contribution in [-0.4, -0.2) is 33.1 Å². The van der Waals surface area contributed by atoms with Crippen LogP contribution in [0.2, 0.25) is 0 Å². The summed E-state index contributed by atoms with van der Waals surface area (Å²) in [5.41, 5.74) is 1.58. The molecule has 0 fully saturated rings. The van der Waals surface area contributed by atoms with Crippen LogP contribution in [0, 0.1) is 0 Å². The SMILES string of the molecule is O=C(O)c1n[nH]nc1Sc1ccc(-c2ccc(OC(F)F)cc2)cc1. The number of aromatic nitrogens is 3. The van der Waals surface area contributed by atoms with E-state index in [0.29, 0.717) is 0 Å². The third-order valence-corrected chi connectivity index (χ3v) is 4.19. The van der Waals surface area contributed by atoms with Gasteiger partial charge in [0.05, 0.1) is 0 Å². The number of alkyl halides is 2. The number of carbonyl (C=O) groups is 1. The number of benzene rings is 2. The summed E-state index contributed by atoms with van der Waals surface area (Å²) in [6, 6.07) is 13.6. The molecule has 0 radical (unpaired) electrons. The van der Waals surface area contributed by atoms with Gasteiger partial charge in [-0.05, 0) is 35.4 Å². The smallest absolute Gasteiger partial charge is 0.387 e. The molecule has 0 aliphatic heterocycles. The second-order valence-electron chi connectivity index (χ2n) is 4.81. The van der Waals surface area contributed by atoms with Crippen LogP contribution in [0.1, 0.15) is 10.5 Å². The second kappa shape index (κ2) is 7.31. The first-order chi connectivity index (χ1) is 12.0. The Morgan fingerprint density at radius 3 is 2.20 bits per heavy atom. The van der Waals surface area contributed by atoms with E-state index in [9.17, 15) is 13.6 Å². The van der Waals surface area contributed by atoms with Gasteiger partial charge in [-0.2, -0.15) is 14.0 Å². The molecule has 0 saturated carbocycles. The summed E-state index contributed by atoms with van der Waals surface area (Å²) in [6.45, 7) is -2.85.